The number of benzene rings is 7. The van der Waals surface area contributed by atoms with Crippen LogP contribution >= 0.6 is 0 Å². The fraction of sp³-hybridized carbons (Fsp3) is 0.140. The summed E-state index contributed by atoms with van der Waals surface area (Å²) in [5.74, 6) is 1.51. The van der Waals surface area contributed by atoms with Gasteiger partial charge in [0.1, 0.15) is 6.04 Å². The average molecular weight is 672 g/mol. The van der Waals surface area contributed by atoms with E-state index in [0.29, 0.717) is 5.92 Å². The third-order valence-corrected chi connectivity index (χ3v) is 11.2. The van der Waals surface area contributed by atoms with Crippen LogP contribution in [-0.2, 0) is 0 Å². The molecule has 0 saturated carbocycles. The number of amidine groups is 1. The third-order valence-electron chi connectivity index (χ3n) is 11.2. The van der Waals surface area contributed by atoms with Crippen LogP contribution in [0.25, 0.3) is 54.6 Å². The summed E-state index contributed by atoms with van der Waals surface area (Å²) < 4.78 is 2.27. The van der Waals surface area contributed by atoms with E-state index in [-0.39, 0.29) is 6.04 Å². The van der Waals surface area contributed by atoms with Crippen molar-refractivity contribution < 1.29 is 4.58 Å². The molecule has 1 aliphatic heterocycles. The standard InChI is InChI=1S/C50H42N2/c1-3-34-31-32-52(2)50(51-49(34)35-17-5-4-6-18-35)47-28-16-15-26-44(47)41-23-11-9-21-39(41)38-20-8-7-19-37(38)36-29-30-46-43-25-12-10-22-40(43)42-24-13-14-27-45(42)48(46)33-36/h4-8,10-20,22-34,49H,3,9,21H2,1-2H3/p+1. The minimum absolute atomic E-state index is 0.174. The molecule has 0 radical (unpaired) electrons. The lowest BCUT2D eigenvalue weighted by atomic mass is 9.82. The Hall–Kier alpha value is -5.99. The van der Waals surface area contributed by atoms with Gasteiger partial charge in [0.05, 0.1) is 18.8 Å². The molecule has 2 atom stereocenters. The SMILES string of the molecule is CCC1C=C[N+](C)=C(c2ccccc2C2=C(c3ccccc3-c3ccc4c5ccccc5c5ccccc5c4c3)CCC=C2)NC1c1ccccc1. The van der Waals surface area contributed by atoms with Crippen LogP contribution in [0.3, 0.4) is 0 Å². The molecule has 0 saturated heterocycles. The smallest absolute Gasteiger partial charge is 0.266 e. The first-order valence-corrected chi connectivity index (χ1v) is 18.7. The largest absolute Gasteiger partial charge is 0.282 e. The number of hydrogen-bond donors (Lipinski definition) is 1. The lowest BCUT2D eigenvalue weighted by Crippen LogP contribution is -2.36. The van der Waals surface area contributed by atoms with E-state index in [9.17, 15) is 0 Å². The van der Waals surface area contributed by atoms with Gasteiger partial charge in [0.15, 0.2) is 0 Å². The predicted octanol–water partition coefficient (Wildman–Crippen LogP) is 12.3. The van der Waals surface area contributed by atoms with E-state index in [2.05, 4.69) is 194 Å². The van der Waals surface area contributed by atoms with Gasteiger partial charge in [0, 0.05) is 5.92 Å². The summed E-state index contributed by atoms with van der Waals surface area (Å²) >= 11 is 0. The molecule has 2 unspecified atom stereocenters. The fourth-order valence-electron chi connectivity index (χ4n) is 8.61. The Kier molecular flexibility index (Phi) is 8.37. The number of rotatable bonds is 6. The first kappa shape index (κ1) is 32.0. The average Bonchev–Trinajstić information content (AvgIpc) is 3.39. The summed E-state index contributed by atoms with van der Waals surface area (Å²) in [6, 6.07) is 53.8. The normalized spacial score (nSPS) is 17.6. The quantitative estimate of drug-likeness (QED) is 0.137. The Labute approximate surface area is 306 Å². The number of allylic oxidation sites excluding steroid dienone is 4. The monoisotopic (exact) mass is 671 g/mol. The molecule has 2 nitrogen and oxygen atoms in total. The van der Waals surface area contributed by atoms with Crippen LogP contribution in [0, 0.1) is 5.92 Å². The van der Waals surface area contributed by atoms with Gasteiger partial charge < -0.3 is 0 Å². The van der Waals surface area contributed by atoms with E-state index in [1.54, 1.807) is 0 Å². The van der Waals surface area contributed by atoms with Crippen LogP contribution < -0.4 is 5.32 Å². The molecular formula is C50H43N2+. The van der Waals surface area contributed by atoms with Crippen LogP contribution in [0.15, 0.2) is 170 Å². The predicted molar refractivity (Wildman–Crippen MR) is 222 cm³/mol. The number of nitrogens with one attached hydrogen (secondary N) is 1. The second-order valence-electron chi connectivity index (χ2n) is 14.2. The zero-order valence-corrected chi connectivity index (χ0v) is 29.9. The molecule has 2 aliphatic rings. The van der Waals surface area contributed by atoms with E-state index >= 15 is 0 Å². The molecule has 0 amide bonds. The summed E-state index contributed by atoms with van der Waals surface area (Å²) in [7, 11) is 2.17. The van der Waals surface area contributed by atoms with Crippen molar-refractivity contribution in [1.82, 2.24) is 5.32 Å². The van der Waals surface area contributed by atoms with Crippen LogP contribution in [0.2, 0.25) is 0 Å². The maximum atomic E-state index is 4.05. The van der Waals surface area contributed by atoms with Crippen molar-refractivity contribution in [1.29, 1.82) is 0 Å². The van der Waals surface area contributed by atoms with Gasteiger partial charge in [-0.3, -0.25) is 5.32 Å². The van der Waals surface area contributed by atoms with Crippen LogP contribution in [0.1, 0.15) is 54.5 Å². The van der Waals surface area contributed by atoms with E-state index in [0.717, 1.165) is 25.1 Å². The van der Waals surface area contributed by atoms with Crippen molar-refractivity contribution in [2.45, 2.75) is 32.2 Å². The zero-order valence-electron chi connectivity index (χ0n) is 29.9. The first-order chi connectivity index (χ1) is 25.7. The minimum Gasteiger partial charge on any atom is -0.266 e. The number of nitrogens with zero attached hydrogens (tertiary/aromatic N) is 1. The van der Waals surface area contributed by atoms with Crippen LogP contribution in [-0.4, -0.2) is 17.5 Å². The maximum absolute atomic E-state index is 4.05. The summed E-state index contributed by atoms with van der Waals surface area (Å²) in [4.78, 5) is 0. The van der Waals surface area contributed by atoms with Gasteiger partial charge >= 0.3 is 0 Å². The van der Waals surface area contributed by atoms with Crippen LogP contribution in [0.4, 0.5) is 0 Å². The van der Waals surface area contributed by atoms with Crippen molar-refractivity contribution in [3.05, 3.63) is 192 Å². The summed E-state index contributed by atoms with van der Waals surface area (Å²) in [5, 5.41) is 11.9. The molecule has 7 aromatic rings. The van der Waals surface area contributed by atoms with Gasteiger partial charge in [0.25, 0.3) is 5.84 Å². The number of fused-ring (bicyclic) bond motifs is 6. The van der Waals surface area contributed by atoms with Gasteiger partial charge in [-0.25, -0.2) is 4.58 Å². The van der Waals surface area contributed by atoms with Crippen LogP contribution in [0.5, 0.6) is 0 Å². The molecule has 2 heteroatoms. The Morgan fingerprint density at radius 1 is 0.596 bits per heavy atom. The van der Waals surface area contributed by atoms with Crippen molar-refractivity contribution in [2.75, 3.05) is 7.05 Å². The Morgan fingerprint density at radius 2 is 1.17 bits per heavy atom. The highest BCUT2D eigenvalue weighted by Gasteiger charge is 2.31. The molecule has 0 bridgehead atoms. The highest BCUT2D eigenvalue weighted by atomic mass is 15.1. The third kappa shape index (κ3) is 5.56. The number of hydrogen-bond acceptors (Lipinski definition) is 1. The molecular weight excluding hydrogens is 629 g/mol. The van der Waals surface area contributed by atoms with Gasteiger partial charge in [0.2, 0.25) is 0 Å². The van der Waals surface area contributed by atoms with E-state index < -0.39 is 0 Å². The first-order valence-electron chi connectivity index (χ1n) is 18.7. The second kappa shape index (κ2) is 13.6. The Bertz CT molecular complexity index is 2570. The molecule has 1 heterocycles. The lowest BCUT2D eigenvalue weighted by Gasteiger charge is -2.23. The van der Waals surface area contributed by atoms with E-state index in [1.807, 2.05) is 0 Å². The lowest BCUT2D eigenvalue weighted by molar-refractivity contribution is -0.423. The molecule has 7 aromatic carbocycles. The molecule has 0 aromatic heterocycles. The topological polar surface area (TPSA) is 15.0 Å². The summed E-state index contributed by atoms with van der Waals surface area (Å²) in [6.45, 7) is 2.28. The van der Waals surface area contributed by atoms with Crippen molar-refractivity contribution in [3.8, 4) is 11.1 Å². The molecule has 0 fully saturated rings. The van der Waals surface area contributed by atoms with E-state index in [1.165, 1.54) is 76.8 Å². The zero-order chi connectivity index (χ0) is 35.0. The second-order valence-corrected chi connectivity index (χ2v) is 14.2. The van der Waals surface area contributed by atoms with Gasteiger partial charge in [-0.1, -0.05) is 153 Å². The highest BCUT2D eigenvalue weighted by molar-refractivity contribution is 6.25. The summed E-state index contributed by atoms with van der Waals surface area (Å²) in [5.41, 5.74) is 10.3. The Balaban J connectivity index is 1.20. The van der Waals surface area contributed by atoms with Crippen molar-refractivity contribution in [3.63, 3.8) is 0 Å². The van der Waals surface area contributed by atoms with Gasteiger partial charge in [-0.15, -0.1) is 0 Å². The molecule has 0 spiro atoms. The highest BCUT2D eigenvalue weighted by Crippen LogP contribution is 2.42. The molecule has 1 N–H and O–H groups in total. The van der Waals surface area contributed by atoms with Gasteiger partial charge in [-0.05, 0) is 109 Å². The van der Waals surface area contributed by atoms with Crippen molar-refractivity contribution >= 4 is 49.3 Å². The molecule has 9 rings (SSSR count). The van der Waals surface area contributed by atoms with Crippen molar-refractivity contribution in [2.24, 2.45) is 5.92 Å². The van der Waals surface area contributed by atoms with E-state index in [4.69, 9.17) is 0 Å². The maximum Gasteiger partial charge on any atom is 0.282 e. The van der Waals surface area contributed by atoms with Gasteiger partial charge in [-0.2, -0.15) is 0 Å². The molecule has 252 valence electrons. The molecule has 1 aliphatic carbocycles. The molecule has 52 heavy (non-hydrogen) atoms. The Morgan fingerprint density at radius 3 is 1.87 bits per heavy atom. The minimum atomic E-state index is 0.174. The fourth-order valence-corrected chi connectivity index (χ4v) is 8.61. The summed E-state index contributed by atoms with van der Waals surface area (Å²) in [6.07, 6.45) is 12.4.